The first-order valence-electron chi connectivity index (χ1n) is 14.7. The van der Waals surface area contributed by atoms with Gasteiger partial charge in [-0.1, -0.05) is 96.9 Å². The van der Waals surface area contributed by atoms with Gasteiger partial charge >= 0.3 is 0 Å². The highest BCUT2D eigenvalue weighted by Crippen LogP contribution is 2.29. The molecule has 4 rings (SSSR count). The molecule has 236 valence electrons. The molecule has 0 heterocycles. The van der Waals surface area contributed by atoms with Crippen LogP contribution >= 0.6 is 23.2 Å². The van der Waals surface area contributed by atoms with E-state index in [1.54, 1.807) is 48.5 Å². The number of carbonyl (C=O) groups is 2. The van der Waals surface area contributed by atoms with E-state index in [1.807, 2.05) is 57.2 Å². The van der Waals surface area contributed by atoms with Crippen LogP contribution in [0.2, 0.25) is 10.0 Å². The van der Waals surface area contributed by atoms with Crippen LogP contribution < -0.4 is 9.62 Å². The van der Waals surface area contributed by atoms with E-state index in [2.05, 4.69) is 5.32 Å². The van der Waals surface area contributed by atoms with Crippen molar-refractivity contribution >= 4 is 50.7 Å². The first kappa shape index (κ1) is 34.0. The Hall–Kier alpha value is -3.85. The van der Waals surface area contributed by atoms with Crippen molar-refractivity contribution in [3.05, 3.63) is 130 Å². The minimum Gasteiger partial charge on any atom is -0.352 e. The summed E-state index contributed by atoms with van der Waals surface area (Å²) < 4.78 is 29.2. The smallest absolute Gasteiger partial charge is 0.264 e. The molecule has 0 saturated carbocycles. The molecule has 0 aliphatic rings. The van der Waals surface area contributed by atoms with Gasteiger partial charge in [-0.15, -0.1) is 0 Å². The Balaban J connectivity index is 1.82. The van der Waals surface area contributed by atoms with Gasteiger partial charge < -0.3 is 10.2 Å². The Morgan fingerprint density at radius 1 is 0.844 bits per heavy atom. The van der Waals surface area contributed by atoms with Crippen LogP contribution in [-0.2, 0) is 32.6 Å². The van der Waals surface area contributed by atoms with Gasteiger partial charge in [0, 0.05) is 29.1 Å². The zero-order valence-corrected chi connectivity index (χ0v) is 27.8. The third-order valence-corrected chi connectivity index (χ3v) is 10.00. The van der Waals surface area contributed by atoms with E-state index in [9.17, 15) is 18.0 Å². The lowest BCUT2D eigenvalue weighted by molar-refractivity contribution is -0.140. The van der Waals surface area contributed by atoms with E-state index in [4.69, 9.17) is 23.2 Å². The minimum absolute atomic E-state index is 0.0197. The van der Waals surface area contributed by atoms with Crippen LogP contribution in [0.5, 0.6) is 0 Å². The highest BCUT2D eigenvalue weighted by Gasteiger charge is 2.35. The van der Waals surface area contributed by atoms with Gasteiger partial charge in [-0.05, 0) is 73.4 Å². The first-order valence-corrected chi connectivity index (χ1v) is 16.9. The lowest BCUT2D eigenvalue weighted by atomic mass is 10.0. The van der Waals surface area contributed by atoms with Crippen LogP contribution in [0.3, 0.4) is 0 Å². The maximum atomic E-state index is 14.5. The summed E-state index contributed by atoms with van der Waals surface area (Å²) in [6.07, 6.45) is 0.917. The molecule has 2 amide bonds. The van der Waals surface area contributed by atoms with Crippen molar-refractivity contribution in [1.29, 1.82) is 0 Å². The fourth-order valence-electron chi connectivity index (χ4n) is 4.81. The van der Waals surface area contributed by atoms with Crippen molar-refractivity contribution in [2.75, 3.05) is 10.8 Å². The quantitative estimate of drug-likeness (QED) is 0.166. The summed E-state index contributed by atoms with van der Waals surface area (Å²) in [7, 11) is -4.21. The van der Waals surface area contributed by atoms with E-state index in [1.165, 1.54) is 23.1 Å². The molecule has 0 aliphatic heterocycles. The topological polar surface area (TPSA) is 86.8 Å². The molecular formula is C35H37Cl2N3O4S. The molecule has 0 radical (unpaired) electrons. The molecule has 2 unspecified atom stereocenters. The molecule has 0 saturated heterocycles. The number of nitrogens with one attached hydrogen (secondary N) is 1. The van der Waals surface area contributed by atoms with E-state index < -0.39 is 28.5 Å². The molecule has 0 spiro atoms. The molecule has 0 aromatic heterocycles. The summed E-state index contributed by atoms with van der Waals surface area (Å²) in [6.45, 7) is 5.13. The van der Waals surface area contributed by atoms with Crippen molar-refractivity contribution in [2.24, 2.45) is 0 Å². The molecule has 4 aromatic carbocycles. The Morgan fingerprint density at radius 3 is 2.11 bits per heavy atom. The molecule has 1 N–H and O–H groups in total. The molecule has 0 aliphatic carbocycles. The summed E-state index contributed by atoms with van der Waals surface area (Å²) >= 11 is 12.7. The van der Waals surface area contributed by atoms with Crippen LogP contribution in [0.25, 0.3) is 0 Å². The summed E-state index contributed by atoms with van der Waals surface area (Å²) in [5, 5.41) is 3.87. The summed E-state index contributed by atoms with van der Waals surface area (Å²) in [5.41, 5.74) is 2.54. The average Bonchev–Trinajstić information content (AvgIpc) is 3.03. The second-order valence-corrected chi connectivity index (χ2v) is 13.6. The number of aryl methyl sites for hydroxylation is 1. The molecule has 4 aromatic rings. The monoisotopic (exact) mass is 665 g/mol. The van der Waals surface area contributed by atoms with E-state index in [0.717, 1.165) is 15.4 Å². The Morgan fingerprint density at radius 2 is 1.49 bits per heavy atom. The van der Waals surface area contributed by atoms with Crippen LogP contribution in [0.4, 0.5) is 5.69 Å². The lowest BCUT2D eigenvalue weighted by Gasteiger charge is -2.34. The lowest BCUT2D eigenvalue weighted by Crippen LogP contribution is -2.54. The zero-order chi connectivity index (χ0) is 32.6. The van der Waals surface area contributed by atoms with Gasteiger partial charge in [-0.3, -0.25) is 13.9 Å². The number of sulfonamides is 1. The molecule has 7 nitrogen and oxygen atoms in total. The van der Waals surface area contributed by atoms with Crippen molar-refractivity contribution in [3.63, 3.8) is 0 Å². The fraction of sp³-hybridized carbons (Fsp3) is 0.257. The first-order chi connectivity index (χ1) is 21.5. The predicted molar refractivity (Wildman–Crippen MR) is 181 cm³/mol. The molecule has 45 heavy (non-hydrogen) atoms. The predicted octanol–water partition coefficient (Wildman–Crippen LogP) is 7.05. The van der Waals surface area contributed by atoms with Gasteiger partial charge in [0.05, 0.1) is 10.6 Å². The van der Waals surface area contributed by atoms with E-state index >= 15 is 0 Å². The van der Waals surface area contributed by atoms with Crippen molar-refractivity contribution < 1.29 is 18.0 Å². The molecule has 2 atom stereocenters. The number of benzene rings is 4. The van der Waals surface area contributed by atoms with E-state index in [0.29, 0.717) is 22.0 Å². The standard InChI is InChI=1S/C35H37Cl2N3O4S/c1-4-26(3)38-35(42)33(21-27-12-7-5-8-13-27)39(23-28-14-11-15-29(36)20-28)34(41)24-40(30-19-18-25(2)32(37)22-30)45(43,44)31-16-9-6-10-17-31/h5-20,22,26,33H,4,21,23-24H2,1-3H3,(H,38,42). The number of rotatable bonds is 13. The third-order valence-electron chi connectivity index (χ3n) is 7.57. The number of hydrogen-bond donors (Lipinski definition) is 1. The minimum atomic E-state index is -4.21. The molecular weight excluding hydrogens is 629 g/mol. The van der Waals surface area contributed by atoms with Gasteiger partial charge in [-0.2, -0.15) is 0 Å². The number of hydrogen-bond acceptors (Lipinski definition) is 4. The van der Waals surface area contributed by atoms with Crippen molar-refractivity contribution in [2.45, 2.75) is 57.1 Å². The second-order valence-electron chi connectivity index (χ2n) is 10.9. The zero-order valence-electron chi connectivity index (χ0n) is 25.5. The van der Waals surface area contributed by atoms with Gasteiger partial charge in [0.25, 0.3) is 10.0 Å². The number of anilines is 1. The van der Waals surface area contributed by atoms with Crippen molar-refractivity contribution in [3.8, 4) is 0 Å². The molecule has 0 fully saturated rings. The van der Waals surface area contributed by atoms with Gasteiger partial charge in [0.15, 0.2) is 0 Å². The Kier molecular flexibility index (Phi) is 11.7. The maximum absolute atomic E-state index is 14.5. The summed E-state index contributed by atoms with van der Waals surface area (Å²) in [6, 6.07) is 28.1. The van der Waals surface area contributed by atoms with Gasteiger partial charge in [0.2, 0.25) is 11.8 Å². The Bertz CT molecular complexity index is 1720. The number of halogens is 2. The normalized spacial score (nSPS) is 12.6. The largest absolute Gasteiger partial charge is 0.352 e. The SMILES string of the molecule is CCC(C)NC(=O)C(Cc1ccccc1)N(Cc1cccc(Cl)c1)C(=O)CN(c1ccc(C)c(Cl)c1)S(=O)(=O)c1ccccc1. The van der Waals surface area contributed by atoms with Crippen molar-refractivity contribution in [1.82, 2.24) is 10.2 Å². The highest BCUT2D eigenvalue weighted by atomic mass is 35.5. The van der Waals surface area contributed by atoms with Crippen LogP contribution in [0.1, 0.15) is 37.0 Å². The highest BCUT2D eigenvalue weighted by molar-refractivity contribution is 7.92. The number of carbonyl (C=O) groups excluding carboxylic acids is 2. The maximum Gasteiger partial charge on any atom is 0.264 e. The number of amides is 2. The van der Waals surface area contributed by atoms with Crippen LogP contribution in [-0.4, -0.2) is 43.8 Å². The Labute approximate surface area is 275 Å². The summed E-state index contributed by atoms with van der Waals surface area (Å²) in [5.74, 6) is -0.897. The number of nitrogens with zero attached hydrogens (tertiary/aromatic N) is 2. The third kappa shape index (κ3) is 8.87. The fourth-order valence-corrected chi connectivity index (χ4v) is 6.63. The van der Waals surface area contributed by atoms with Gasteiger partial charge in [-0.25, -0.2) is 8.42 Å². The second kappa shape index (κ2) is 15.4. The molecule has 0 bridgehead atoms. The van der Waals surface area contributed by atoms with Crippen LogP contribution in [0.15, 0.2) is 108 Å². The van der Waals surface area contributed by atoms with Crippen LogP contribution in [0, 0.1) is 6.92 Å². The van der Waals surface area contributed by atoms with E-state index in [-0.39, 0.29) is 35.5 Å². The average molecular weight is 667 g/mol. The van der Waals surface area contributed by atoms with Gasteiger partial charge in [0.1, 0.15) is 12.6 Å². The summed E-state index contributed by atoms with van der Waals surface area (Å²) in [4.78, 5) is 29.9. The molecule has 10 heteroatoms.